The van der Waals surface area contributed by atoms with Gasteiger partial charge in [0.15, 0.2) is 0 Å². The number of carbonyl (C=O) groups excluding carboxylic acids is 6. The maximum Gasteiger partial charge on any atom is 0.290 e. The summed E-state index contributed by atoms with van der Waals surface area (Å²) in [5.41, 5.74) is 0.903. The van der Waals surface area contributed by atoms with Crippen molar-refractivity contribution in [3.8, 4) is 0 Å². The summed E-state index contributed by atoms with van der Waals surface area (Å²) < 4.78 is 4.10. The second-order valence-corrected chi connectivity index (χ2v) is 11.8. The highest BCUT2D eigenvalue weighted by atomic mass is 16.6. The molecule has 0 aliphatic carbocycles. The van der Waals surface area contributed by atoms with E-state index in [4.69, 9.17) is 5.11 Å². The van der Waals surface area contributed by atoms with Crippen molar-refractivity contribution in [2.24, 2.45) is 0 Å². The van der Waals surface area contributed by atoms with Gasteiger partial charge in [-0.05, 0) is 52.0 Å². The summed E-state index contributed by atoms with van der Waals surface area (Å²) in [7, 11) is 1.43. The number of ketones is 1. The molecule has 1 aromatic carbocycles. The number of amides is 5. The predicted molar refractivity (Wildman–Crippen MR) is 218 cm³/mol. The van der Waals surface area contributed by atoms with Gasteiger partial charge >= 0.3 is 0 Å². The summed E-state index contributed by atoms with van der Waals surface area (Å²) in [4.78, 5) is 90.0. The number of aliphatic hydroxyl groups excluding tert-OH is 1. The van der Waals surface area contributed by atoms with Crippen LogP contribution in [0, 0.1) is 0 Å². The average molecular weight is 788 g/mol. The minimum atomic E-state index is -1.05. The van der Waals surface area contributed by atoms with Gasteiger partial charge in [0.05, 0.1) is 18.3 Å². The van der Waals surface area contributed by atoms with Crippen LogP contribution in [-0.2, 0) is 28.7 Å². The van der Waals surface area contributed by atoms with Gasteiger partial charge in [0.1, 0.15) is 30.6 Å². The van der Waals surface area contributed by atoms with Crippen molar-refractivity contribution in [1.82, 2.24) is 35.7 Å². The summed E-state index contributed by atoms with van der Waals surface area (Å²) in [5.74, 6) is -3.48. The molecular weight excluding hydrogens is 718 g/mol. The molecule has 0 bridgehead atoms. The van der Waals surface area contributed by atoms with Crippen LogP contribution >= 0.6 is 0 Å². The van der Waals surface area contributed by atoms with E-state index in [1.54, 1.807) is 20.8 Å². The first-order valence-corrected chi connectivity index (χ1v) is 19.9. The van der Waals surface area contributed by atoms with E-state index in [1.807, 2.05) is 78.8 Å². The highest BCUT2D eigenvalue weighted by Crippen LogP contribution is 2.23. The van der Waals surface area contributed by atoms with E-state index >= 15 is 0 Å². The lowest BCUT2D eigenvalue weighted by Gasteiger charge is -2.34. The van der Waals surface area contributed by atoms with Gasteiger partial charge in [-0.1, -0.05) is 92.1 Å². The molecule has 0 spiro atoms. The Balaban J connectivity index is 0. The number of benzene rings is 1. The fraction of sp³-hybridized carbons (Fsp3) is 0.610. The molecule has 1 aliphatic rings. The third kappa shape index (κ3) is 17.4. The Morgan fingerprint density at radius 2 is 1.52 bits per heavy atom. The van der Waals surface area contributed by atoms with Crippen molar-refractivity contribution < 1.29 is 38.6 Å². The van der Waals surface area contributed by atoms with E-state index < -0.39 is 65.5 Å². The molecule has 316 valence electrons. The van der Waals surface area contributed by atoms with Gasteiger partial charge < -0.3 is 35.6 Å². The highest BCUT2D eigenvalue weighted by Gasteiger charge is 2.41. The van der Waals surface area contributed by atoms with Gasteiger partial charge in [-0.2, -0.15) is 0 Å². The number of hydrogen-bond acceptors (Lipinski definition) is 10. The molecule has 2 heterocycles. The molecule has 5 amide bonds. The minimum absolute atomic E-state index is 0.0642. The average Bonchev–Trinajstić information content (AvgIpc) is 3.75. The number of aliphatic hydroxyl groups is 1. The Morgan fingerprint density at radius 3 is 2.02 bits per heavy atom. The van der Waals surface area contributed by atoms with Crippen LogP contribution in [-0.4, -0.2) is 111 Å². The molecule has 5 atom stereocenters. The summed E-state index contributed by atoms with van der Waals surface area (Å²) in [5, 5.41) is 15.8. The number of methoxy groups -OCH3 is 1. The molecule has 1 saturated heterocycles. The molecule has 4 N–H and O–H groups in total. The quantitative estimate of drug-likeness (QED) is 0.138. The first-order valence-electron chi connectivity index (χ1n) is 19.9. The molecule has 0 radical (unpaired) electrons. The van der Waals surface area contributed by atoms with Gasteiger partial charge in [0, 0.05) is 32.6 Å². The second kappa shape index (κ2) is 31.4. The molecule has 3 rings (SSSR count). The SMILES string of the molecule is CC.CC.CC.CCC[C@H](NC(=O)c1cnccn1)C(=O)NC(CC)C(=O)N1CCCC1C(=O)N(CC)C(C)C(=O)C(=O)N[C@@H](C)c1ccccc1.COCO. The lowest BCUT2D eigenvalue weighted by molar-refractivity contribution is -0.150. The van der Waals surface area contributed by atoms with Gasteiger partial charge in [-0.3, -0.25) is 33.8 Å². The predicted octanol–water partition coefficient (Wildman–Crippen LogP) is 4.61. The molecule has 1 aliphatic heterocycles. The Labute approximate surface area is 334 Å². The van der Waals surface area contributed by atoms with E-state index in [0.717, 1.165) is 5.56 Å². The van der Waals surface area contributed by atoms with Gasteiger partial charge in [0.2, 0.25) is 23.5 Å². The van der Waals surface area contributed by atoms with Gasteiger partial charge in [0.25, 0.3) is 11.8 Å². The van der Waals surface area contributed by atoms with E-state index in [0.29, 0.717) is 32.2 Å². The van der Waals surface area contributed by atoms with Crippen LogP contribution in [0.1, 0.15) is 130 Å². The Morgan fingerprint density at radius 1 is 0.911 bits per heavy atom. The maximum absolute atomic E-state index is 13.8. The number of hydrogen-bond donors (Lipinski definition) is 4. The second-order valence-electron chi connectivity index (χ2n) is 11.8. The molecule has 56 heavy (non-hydrogen) atoms. The molecule has 1 fully saturated rings. The number of ether oxygens (including phenoxy) is 1. The van der Waals surface area contributed by atoms with Crippen molar-refractivity contribution in [3.63, 3.8) is 0 Å². The zero-order chi connectivity index (χ0) is 43.2. The zero-order valence-electron chi connectivity index (χ0n) is 35.8. The van der Waals surface area contributed by atoms with E-state index in [9.17, 15) is 28.8 Å². The molecule has 1 aromatic heterocycles. The molecule has 3 unspecified atom stereocenters. The number of likely N-dealkylation sites (N-methyl/N-ethyl adjacent to an activating group) is 1. The molecule has 15 heteroatoms. The first kappa shape index (κ1) is 53.3. The van der Waals surface area contributed by atoms with Crippen LogP contribution in [0.5, 0.6) is 0 Å². The van der Waals surface area contributed by atoms with Gasteiger partial charge in [-0.15, -0.1) is 0 Å². The van der Waals surface area contributed by atoms with Crippen molar-refractivity contribution in [2.45, 2.75) is 138 Å². The van der Waals surface area contributed by atoms with Gasteiger partial charge in [-0.25, -0.2) is 4.98 Å². The van der Waals surface area contributed by atoms with Crippen LogP contribution in [0.25, 0.3) is 0 Å². The van der Waals surface area contributed by atoms with Crippen molar-refractivity contribution >= 4 is 35.3 Å². The molecule has 15 nitrogen and oxygen atoms in total. The normalized spacial score (nSPS) is 14.7. The number of nitrogens with one attached hydrogen (secondary N) is 3. The van der Waals surface area contributed by atoms with Crippen LogP contribution in [0.4, 0.5) is 0 Å². The summed E-state index contributed by atoms with van der Waals surface area (Å²) in [6.07, 6.45) is 6.24. The van der Waals surface area contributed by atoms with Crippen molar-refractivity contribution in [3.05, 3.63) is 60.2 Å². The number of likely N-dealkylation sites (tertiary alicyclic amines) is 1. The van der Waals surface area contributed by atoms with Crippen LogP contribution in [0.15, 0.2) is 48.9 Å². The van der Waals surface area contributed by atoms with E-state index in [2.05, 4.69) is 30.7 Å². The van der Waals surface area contributed by atoms with Crippen LogP contribution < -0.4 is 16.0 Å². The Kier molecular flexibility index (Phi) is 30.0. The Bertz CT molecular complexity index is 1410. The topological polar surface area (TPSA) is 200 Å². The van der Waals surface area contributed by atoms with Crippen molar-refractivity contribution in [2.75, 3.05) is 27.0 Å². The summed E-state index contributed by atoms with van der Waals surface area (Å²) in [6.45, 7) is 20.9. The molecular formula is C41H69N7O8. The van der Waals surface area contributed by atoms with E-state index in [-0.39, 0.29) is 25.5 Å². The number of Topliss-reactive ketones (excluding diaryl/α,β-unsaturated/α-hetero) is 1. The van der Waals surface area contributed by atoms with Crippen LogP contribution in [0.2, 0.25) is 0 Å². The maximum atomic E-state index is 13.8. The molecule has 0 saturated carbocycles. The monoisotopic (exact) mass is 788 g/mol. The number of aromatic nitrogens is 2. The first-order chi connectivity index (χ1) is 26.9. The highest BCUT2D eigenvalue weighted by molar-refractivity contribution is 6.38. The number of nitrogens with zero attached hydrogens (tertiary/aromatic N) is 4. The summed E-state index contributed by atoms with van der Waals surface area (Å²) >= 11 is 0. The van der Waals surface area contributed by atoms with E-state index in [1.165, 1.54) is 42.4 Å². The third-order valence-electron chi connectivity index (χ3n) is 8.31. The number of carbonyl (C=O) groups is 6. The van der Waals surface area contributed by atoms with Crippen molar-refractivity contribution in [1.29, 1.82) is 0 Å². The Hall–Kier alpha value is -4.76. The standard InChI is InChI=1S/C33H45N7O6.C2H6O2.3C2H6/c1-6-13-25(38-30(43)26-20-34-17-18-35-26)29(42)37-24(7-2)32(45)40-19-12-16-27(40)33(46)39(8-3)22(5)28(41)31(44)36-21(4)23-14-10-9-11-15-23;1-4-2-3;3*1-2/h9-11,14-15,17-18,20-22,24-25,27H,6-8,12-13,16,19H2,1-5H3,(H,36,44)(H,37,42)(H,38,43);3H,2H2,1H3;3*1-2H3/t21-,22?,24?,25-,27?;;;;/m0..../s1. The minimum Gasteiger partial charge on any atom is -0.371 e. The fourth-order valence-corrected chi connectivity index (χ4v) is 5.54. The lowest BCUT2D eigenvalue weighted by Crippen LogP contribution is -2.58. The zero-order valence-corrected chi connectivity index (χ0v) is 35.8. The largest absolute Gasteiger partial charge is 0.371 e. The van der Waals surface area contributed by atoms with Crippen LogP contribution in [0.3, 0.4) is 0 Å². The smallest absolute Gasteiger partial charge is 0.290 e. The fourth-order valence-electron chi connectivity index (χ4n) is 5.54. The number of rotatable bonds is 16. The third-order valence-corrected chi connectivity index (χ3v) is 8.31. The lowest BCUT2D eigenvalue weighted by atomic mass is 10.1. The molecule has 2 aromatic rings. The summed E-state index contributed by atoms with van der Waals surface area (Å²) in [6, 6.07) is 5.08.